The van der Waals surface area contributed by atoms with E-state index >= 15 is 0 Å². The molecule has 0 radical (unpaired) electrons. The van der Waals surface area contributed by atoms with Crippen molar-refractivity contribution in [2.75, 3.05) is 19.8 Å². The van der Waals surface area contributed by atoms with Crippen LogP contribution < -0.4 is 0 Å². The van der Waals surface area contributed by atoms with E-state index in [1.165, 1.54) is 19.3 Å². The molecule has 2 rings (SSSR count). The second-order valence-electron chi connectivity index (χ2n) is 6.87. The van der Waals surface area contributed by atoms with E-state index < -0.39 is 12.1 Å². The fourth-order valence-electron chi connectivity index (χ4n) is 3.53. The number of carbonyl (C=O) groups is 1. The first kappa shape index (κ1) is 20.4. The molecular formula is C19H29ClO5. The minimum Gasteiger partial charge on any atom is -0.480 e. The van der Waals surface area contributed by atoms with Crippen molar-refractivity contribution in [2.45, 2.75) is 56.1 Å². The highest BCUT2D eigenvalue weighted by molar-refractivity contribution is 6.21. The third-order valence-electron chi connectivity index (χ3n) is 4.98. The van der Waals surface area contributed by atoms with Crippen LogP contribution in [-0.4, -0.2) is 53.6 Å². The summed E-state index contributed by atoms with van der Waals surface area (Å²) >= 11 is 6.35. The first-order valence-electron chi connectivity index (χ1n) is 9.14. The molecule has 0 amide bonds. The summed E-state index contributed by atoms with van der Waals surface area (Å²) in [6, 6.07) is 0. The quantitative estimate of drug-likeness (QED) is 0.369. The zero-order valence-corrected chi connectivity index (χ0v) is 15.3. The lowest BCUT2D eigenvalue weighted by Crippen LogP contribution is -2.23. The number of carboxylic acids is 1. The fraction of sp³-hybridized carbons (Fsp3) is 0.737. The molecule has 4 atom stereocenters. The van der Waals surface area contributed by atoms with Gasteiger partial charge in [0.1, 0.15) is 6.61 Å². The third kappa shape index (κ3) is 7.10. The van der Waals surface area contributed by atoms with Crippen LogP contribution in [0.4, 0.5) is 0 Å². The Hall–Kier alpha value is -0.880. The average Bonchev–Trinajstić information content (AvgIpc) is 2.96. The molecule has 0 aromatic heterocycles. The molecule has 1 unspecified atom stereocenters. The van der Waals surface area contributed by atoms with Gasteiger partial charge in [-0.1, -0.05) is 43.6 Å². The lowest BCUT2D eigenvalue weighted by atomic mass is 9.85. The van der Waals surface area contributed by atoms with Gasteiger partial charge >= 0.3 is 5.97 Å². The Morgan fingerprint density at radius 1 is 1.28 bits per heavy atom. The molecule has 2 N–H and O–H groups in total. The molecule has 1 saturated heterocycles. The average molecular weight is 373 g/mol. The van der Waals surface area contributed by atoms with E-state index in [1.54, 1.807) is 0 Å². The van der Waals surface area contributed by atoms with Crippen LogP contribution in [0.5, 0.6) is 0 Å². The highest BCUT2D eigenvalue weighted by Crippen LogP contribution is 2.31. The molecule has 0 spiro atoms. The lowest BCUT2D eigenvalue weighted by Gasteiger charge is -2.25. The fourth-order valence-corrected chi connectivity index (χ4v) is 3.85. The van der Waals surface area contributed by atoms with Gasteiger partial charge in [-0.2, -0.15) is 0 Å². The van der Waals surface area contributed by atoms with Gasteiger partial charge in [0.25, 0.3) is 0 Å². The second-order valence-corrected chi connectivity index (χ2v) is 7.43. The van der Waals surface area contributed by atoms with Crippen LogP contribution in [0, 0.1) is 11.8 Å². The lowest BCUT2D eigenvalue weighted by molar-refractivity contribution is -0.141. The van der Waals surface area contributed by atoms with Gasteiger partial charge in [-0.25, -0.2) is 4.79 Å². The zero-order chi connectivity index (χ0) is 18.1. The number of rotatable bonds is 9. The molecule has 1 heterocycles. The van der Waals surface area contributed by atoms with Crippen molar-refractivity contribution in [3.63, 3.8) is 0 Å². The van der Waals surface area contributed by atoms with Crippen LogP contribution in [0.3, 0.4) is 0 Å². The minimum atomic E-state index is -0.972. The molecule has 2 aliphatic rings. The molecule has 1 saturated carbocycles. The molecule has 1 aliphatic carbocycles. The Morgan fingerprint density at radius 3 is 2.76 bits per heavy atom. The summed E-state index contributed by atoms with van der Waals surface area (Å²) in [5, 5.41) is 18.8. The Bertz CT molecular complexity index is 459. The van der Waals surface area contributed by atoms with Gasteiger partial charge in [0.05, 0.1) is 30.8 Å². The molecule has 25 heavy (non-hydrogen) atoms. The molecule has 0 bridgehead atoms. The SMILES string of the molecule is O=C(O)COC/C=C\C[C@H]1[C@H](Cl)CO[C@@H]1/C=C/C(O)C1CCCCC1. The Kier molecular flexibility index (Phi) is 8.96. The molecule has 2 fully saturated rings. The van der Waals surface area contributed by atoms with E-state index in [4.69, 9.17) is 26.2 Å². The maximum Gasteiger partial charge on any atom is 0.329 e. The highest BCUT2D eigenvalue weighted by Gasteiger charge is 2.33. The van der Waals surface area contributed by atoms with Crippen LogP contribution in [0.25, 0.3) is 0 Å². The predicted octanol–water partition coefficient (Wildman–Crippen LogP) is 3.15. The van der Waals surface area contributed by atoms with Gasteiger partial charge < -0.3 is 19.7 Å². The molecule has 0 aromatic carbocycles. The monoisotopic (exact) mass is 372 g/mol. The third-order valence-corrected chi connectivity index (χ3v) is 5.43. The second kappa shape index (κ2) is 11.0. The van der Waals surface area contributed by atoms with Gasteiger partial charge in [0.2, 0.25) is 0 Å². The summed E-state index contributed by atoms with van der Waals surface area (Å²) < 4.78 is 10.7. The Labute approximate surface area is 154 Å². The van der Waals surface area contributed by atoms with Gasteiger partial charge in [-0.15, -0.1) is 11.6 Å². The number of hydrogen-bond donors (Lipinski definition) is 2. The normalized spacial score (nSPS) is 29.6. The molecular weight excluding hydrogens is 344 g/mol. The van der Waals surface area contributed by atoms with Crippen LogP contribution in [0.15, 0.2) is 24.3 Å². The summed E-state index contributed by atoms with van der Waals surface area (Å²) in [6.45, 7) is 0.483. The van der Waals surface area contributed by atoms with E-state index in [-0.39, 0.29) is 30.6 Å². The number of aliphatic hydroxyl groups is 1. The smallest absolute Gasteiger partial charge is 0.329 e. The first-order chi connectivity index (χ1) is 12.1. The van der Waals surface area contributed by atoms with Crippen molar-refractivity contribution >= 4 is 17.6 Å². The molecule has 142 valence electrons. The number of halogens is 1. The highest BCUT2D eigenvalue weighted by atomic mass is 35.5. The van der Waals surface area contributed by atoms with E-state index in [0.717, 1.165) is 19.3 Å². The summed E-state index contributed by atoms with van der Waals surface area (Å²) in [7, 11) is 0. The van der Waals surface area contributed by atoms with Crippen molar-refractivity contribution in [1.82, 2.24) is 0 Å². The number of aliphatic hydroxyl groups excluding tert-OH is 1. The van der Waals surface area contributed by atoms with Crippen molar-refractivity contribution < 1.29 is 24.5 Å². The van der Waals surface area contributed by atoms with Gasteiger partial charge in [0.15, 0.2) is 0 Å². The van der Waals surface area contributed by atoms with Crippen molar-refractivity contribution in [2.24, 2.45) is 11.8 Å². The number of carboxylic acid groups (broad SMARTS) is 1. The first-order valence-corrected chi connectivity index (χ1v) is 9.58. The summed E-state index contributed by atoms with van der Waals surface area (Å²) in [6.07, 6.45) is 13.7. The molecule has 6 heteroatoms. The standard InChI is InChI=1S/C19H29ClO5/c20-16-12-25-18(10-9-17(21)14-6-2-1-3-7-14)15(16)8-4-5-11-24-13-19(22)23/h4-5,9-10,14-18,21H,1-3,6-8,11-13H2,(H,22,23)/b5-4-,10-9+/t15-,16+,17?,18+/m0/s1. The maximum atomic E-state index is 10.4. The van der Waals surface area contributed by atoms with Crippen molar-refractivity contribution in [3.05, 3.63) is 24.3 Å². The van der Waals surface area contributed by atoms with Gasteiger partial charge in [-0.05, 0) is 25.2 Å². The maximum absolute atomic E-state index is 10.4. The van der Waals surface area contributed by atoms with E-state index in [2.05, 4.69) is 0 Å². The van der Waals surface area contributed by atoms with Crippen LogP contribution in [-0.2, 0) is 14.3 Å². The Morgan fingerprint density at radius 2 is 2.04 bits per heavy atom. The Balaban J connectivity index is 1.77. The number of aliphatic carboxylic acids is 1. The summed E-state index contributed by atoms with van der Waals surface area (Å²) in [5.74, 6) is -0.463. The number of alkyl halides is 1. The van der Waals surface area contributed by atoms with Gasteiger partial charge in [0, 0.05) is 5.92 Å². The van der Waals surface area contributed by atoms with E-state index in [9.17, 15) is 9.90 Å². The van der Waals surface area contributed by atoms with Crippen LogP contribution in [0.1, 0.15) is 38.5 Å². The number of allylic oxidation sites excluding steroid dienone is 1. The molecule has 5 nitrogen and oxygen atoms in total. The summed E-state index contributed by atoms with van der Waals surface area (Å²) in [5.41, 5.74) is 0. The number of hydrogen-bond acceptors (Lipinski definition) is 4. The van der Waals surface area contributed by atoms with E-state index in [1.807, 2.05) is 24.3 Å². The van der Waals surface area contributed by atoms with Gasteiger partial charge in [-0.3, -0.25) is 0 Å². The molecule has 1 aliphatic heterocycles. The van der Waals surface area contributed by atoms with Crippen LogP contribution >= 0.6 is 11.6 Å². The minimum absolute atomic E-state index is 0.0638. The zero-order valence-electron chi connectivity index (χ0n) is 14.6. The van der Waals surface area contributed by atoms with Crippen molar-refractivity contribution in [1.29, 1.82) is 0 Å². The van der Waals surface area contributed by atoms with E-state index in [0.29, 0.717) is 12.5 Å². The van der Waals surface area contributed by atoms with Crippen LogP contribution in [0.2, 0.25) is 0 Å². The largest absolute Gasteiger partial charge is 0.480 e. The molecule has 0 aromatic rings. The topological polar surface area (TPSA) is 76.0 Å². The van der Waals surface area contributed by atoms with Crippen molar-refractivity contribution in [3.8, 4) is 0 Å². The predicted molar refractivity (Wildman–Crippen MR) is 96.8 cm³/mol. The summed E-state index contributed by atoms with van der Waals surface area (Å²) in [4.78, 5) is 10.4. The number of ether oxygens (including phenoxy) is 2.